The molecular formula is C9H18OSi. The van der Waals surface area contributed by atoms with Crippen LogP contribution in [0.4, 0.5) is 0 Å². The van der Waals surface area contributed by atoms with Crippen molar-refractivity contribution in [2.75, 3.05) is 6.61 Å². The maximum atomic E-state index is 8.49. The summed E-state index contributed by atoms with van der Waals surface area (Å²) in [4.78, 5) is 0. The number of hydrogen-bond donors (Lipinski definition) is 1. The third-order valence-corrected chi connectivity index (χ3v) is 2.10. The van der Waals surface area contributed by atoms with E-state index in [4.69, 9.17) is 5.11 Å². The van der Waals surface area contributed by atoms with Crippen LogP contribution in [0.2, 0.25) is 19.6 Å². The van der Waals surface area contributed by atoms with E-state index in [9.17, 15) is 0 Å². The third kappa shape index (κ3) is 9.74. The van der Waals surface area contributed by atoms with Crippen molar-refractivity contribution in [3.8, 4) is 11.5 Å². The first-order valence-electron chi connectivity index (χ1n) is 4.17. The van der Waals surface area contributed by atoms with Gasteiger partial charge in [-0.2, -0.15) is 0 Å². The van der Waals surface area contributed by atoms with Gasteiger partial charge in [-0.05, 0) is 12.8 Å². The van der Waals surface area contributed by atoms with Crippen LogP contribution in [-0.2, 0) is 0 Å². The minimum absolute atomic E-state index is 0.300. The molecule has 0 aliphatic carbocycles. The average molecular weight is 170 g/mol. The molecule has 0 saturated heterocycles. The summed E-state index contributed by atoms with van der Waals surface area (Å²) in [5, 5.41) is 8.49. The van der Waals surface area contributed by atoms with Crippen LogP contribution in [0.1, 0.15) is 19.3 Å². The fourth-order valence-electron chi connectivity index (χ4n) is 0.653. The molecule has 0 amide bonds. The van der Waals surface area contributed by atoms with E-state index in [1.807, 2.05) is 0 Å². The molecule has 11 heavy (non-hydrogen) atoms. The highest BCUT2D eigenvalue weighted by molar-refractivity contribution is 6.83. The Hall–Kier alpha value is -0.263. The monoisotopic (exact) mass is 170 g/mol. The number of hydrogen-bond acceptors (Lipinski definition) is 1. The lowest BCUT2D eigenvalue weighted by Gasteiger charge is -2.02. The standard InChI is InChI=1S/C9H18OSi/c1-11(2,3)9-7-5-4-6-8-10/h10H,4-6,8H2,1-3H3. The molecule has 1 N–H and O–H groups in total. The molecule has 64 valence electrons. The average Bonchev–Trinajstić information content (AvgIpc) is 1.85. The molecule has 0 aliphatic rings. The van der Waals surface area contributed by atoms with E-state index in [2.05, 4.69) is 31.1 Å². The minimum Gasteiger partial charge on any atom is -0.396 e. The number of aliphatic hydroxyl groups excluding tert-OH is 1. The minimum atomic E-state index is -1.14. The Morgan fingerprint density at radius 3 is 2.27 bits per heavy atom. The van der Waals surface area contributed by atoms with E-state index in [0.717, 1.165) is 19.3 Å². The van der Waals surface area contributed by atoms with Crippen LogP contribution in [0.25, 0.3) is 0 Å². The van der Waals surface area contributed by atoms with E-state index in [1.54, 1.807) is 0 Å². The van der Waals surface area contributed by atoms with Gasteiger partial charge in [-0.1, -0.05) is 19.6 Å². The van der Waals surface area contributed by atoms with Crippen molar-refractivity contribution in [3.05, 3.63) is 0 Å². The van der Waals surface area contributed by atoms with Crippen molar-refractivity contribution in [3.63, 3.8) is 0 Å². The van der Waals surface area contributed by atoms with Crippen molar-refractivity contribution in [1.82, 2.24) is 0 Å². The van der Waals surface area contributed by atoms with E-state index in [0.29, 0.717) is 6.61 Å². The highest BCUT2D eigenvalue weighted by atomic mass is 28.3. The summed E-state index contributed by atoms with van der Waals surface area (Å²) >= 11 is 0. The first-order chi connectivity index (χ1) is 5.06. The van der Waals surface area contributed by atoms with Crippen LogP contribution < -0.4 is 0 Å². The van der Waals surface area contributed by atoms with Crippen molar-refractivity contribution in [2.24, 2.45) is 0 Å². The molecule has 0 heterocycles. The summed E-state index contributed by atoms with van der Waals surface area (Å²) in [5.74, 6) is 3.16. The Kier molecular flexibility index (Phi) is 5.27. The van der Waals surface area contributed by atoms with Gasteiger partial charge < -0.3 is 5.11 Å². The second-order valence-corrected chi connectivity index (χ2v) is 8.48. The zero-order chi connectivity index (χ0) is 8.74. The van der Waals surface area contributed by atoms with Crippen molar-refractivity contribution >= 4 is 8.07 Å². The molecule has 0 unspecified atom stereocenters. The van der Waals surface area contributed by atoms with E-state index >= 15 is 0 Å². The molecule has 0 atom stereocenters. The Morgan fingerprint density at radius 1 is 1.18 bits per heavy atom. The van der Waals surface area contributed by atoms with Crippen LogP contribution in [0, 0.1) is 11.5 Å². The SMILES string of the molecule is C[Si](C)(C)C#CCCCCO. The van der Waals surface area contributed by atoms with Gasteiger partial charge in [0.05, 0.1) is 0 Å². The van der Waals surface area contributed by atoms with E-state index in [1.165, 1.54) is 0 Å². The highest BCUT2D eigenvalue weighted by Gasteiger charge is 2.06. The summed E-state index contributed by atoms with van der Waals surface area (Å²) in [5.41, 5.74) is 3.29. The quantitative estimate of drug-likeness (QED) is 0.390. The molecule has 0 aromatic heterocycles. The number of rotatable bonds is 3. The van der Waals surface area contributed by atoms with Crippen LogP contribution in [0.15, 0.2) is 0 Å². The molecule has 0 aliphatic heterocycles. The first kappa shape index (κ1) is 10.7. The van der Waals surface area contributed by atoms with Crippen molar-refractivity contribution < 1.29 is 5.11 Å². The normalized spacial score (nSPS) is 10.5. The van der Waals surface area contributed by atoms with Crippen LogP contribution >= 0.6 is 0 Å². The topological polar surface area (TPSA) is 20.2 Å². The second-order valence-electron chi connectivity index (χ2n) is 3.73. The van der Waals surface area contributed by atoms with Crippen LogP contribution in [-0.4, -0.2) is 19.8 Å². The third-order valence-electron chi connectivity index (χ3n) is 1.17. The Labute approximate surface area is 70.8 Å². The molecule has 0 bridgehead atoms. The van der Waals surface area contributed by atoms with Gasteiger partial charge in [-0.3, -0.25) is 0 Å². The molecule has 0 saturated carbocycles. The summed E-state index contributed by atoms with van der Waals surface area (Å²) in [6.07, 6.45) is 2.87. The van der Waals surface area contributed by atoms with Crippen LogP contribution in [0.5, 0.6) is 0 Å². The molecule has 0 aromatic carbocycles. The maximum absolute atomic E-state index is 8.49. The van der Waals surface area contributed by atoms with Gasteiger partial charge in [0.25, 0.3) is 0 Å². The lowest BCUT2D eigenvalue weighted by Crippen LogP contribution is -2.16. The van der Waals surface area contributed by atoms with Crippen molar-refractivity contribution in [2.45, 2.75) is 38.9 Å². The fraction of sp³-hybridized carbons (Fsp3) is 0.778. The van der Waals surface area contributed by atoms with Gasteiger partial charge in [-0.25, -0.2) is 0 Å². The summed E-state index contributed by atoms with van der Waals surface area (Å²) in [6.45, 7) is 7.03. The predicted octanol–water partition coefficient (Wildman–Crippen LogP) is 2.03. The molecule has 2 heteroatoms. The zero-order valence-corrected chi connectivity index (χ0v) is 8.78. The lowest BCUT2D eigenvalue weighted by molar-refractivity contribution is 0.285. The smallest absolute Gasteiger partial charge is 0.129 e. The Balaban J connectivity index is 3.41. The van der Waals surface area contributed by atoms with Gasteiger partial charge in [0, 0.05) is 13.0 Å². The molecule has 0 aromatic rings. The fourth-order valence-corrected chi connectivity index (χ4v) is 1.31. The highest BCUT2D eigenvalue weighted by Crippen LogP contribution is 1.98. The number of aliphatic hydroxyl groups is 1. The summed E-state index contributed by atoms with van der Waals surface area (Å²) in [6, 6.07) is 0. The van der Waals surface area contributed by atoms with E-state index in [-0.39, 0.29) is 0 Å². The predicted molar refractivity (Wildman–Crippen MR) is 52.1 cm³/mol. The maximum Gasteiger partial charge on any atom is 0.129 e. The molecule has 1 nitrogen and oxygen atoms in total. The molecule has 0 radical (unpaired) electrons. The lowest BCUT2D eigenvalue weighted by atomic mass is 10.2. The first-order valence-corrected chi connectivity index (χ1v) is 7.67. The van der Waals surface area contributed by atoms with Gasteiger partial charge in [0.1, 0.15) is 8.07 Å². The van der Waals surface area contributed by atoms with Gasteiger partial charge in [0.15, 0.2) is 0 Å². The second kappa shape index (κ2) is 5.40. The Morgan fingerprint density at radius 2 is 1.82 bits per heavy atom. The van der Waals surface area contributed by atoms with Gasteiger partial charge in [-0.15, -0.1) is 11.5 Å². The van der Waals surface area contributed by atoms with Gasteiger partial charge in [0.2, 0.25) is 0 Å². The summed E-state index contributed by atoms with van der Waals surface area (Å²) in [7, 11) is -1.14. The van der Waals surface area contributed by atoms with Gasteiger partial charge >= 0.3 is 0 Å². The van der Waals surface area contributed by atoms with E-state index < -0.39 is 8.07 Å². The molecule has 0 fully saturated rings. The Bertz CT molecular complexity index is 147. The molecule has 0 rings (SSSR count). The molecule has 0 spiro atoms. The van der Waals surface area contributed by atoms with Crippen molar-refractivity contribution in [1.29, 1.82) is 0 Å². The largest absolute Gasteiger partial charge is 0.396 e. The van der Waals surface area contributed by atoms with Crippen LogP contribution in [0.3, 0.4) is 0 Å². The summed E-state index contributed by atoms with van der Waals surface area (Å²) < 4.78 is 0. The number of unbranched alkanes of at least 4 members (excludes halogenated alkanes) is 2. The molecular weight excluding hydrogens is 152 g/mol. The zero-order valence-electron chi connectivity index (χ0n) is 7.78.